The van der Waals surface area contributed by atoms with Crippen molar-refractivity contribution in [3.63, 3.8) is 0 Å². The molecule has 0 aromatic heterocycles. The van der Waals surface area contributed by atoms with E-state index in [1.165, 1.54) is 19.1 Å². The zero-order valence-corrected chi connectivity index (χ0v) is 15.9. The van der Waals surface area contributed by atoms with Gasteiger partial charge in [0.15, 0.2) is 9.84 Å². The number of benzene rings is 1. The number of sulfone groups is 1. The Hall–Kier alpha value is -1.53. The Balaban J connectivity index is 1.82. The van der Waals surface area contributed by atoms with Gasteiger partial charge in [-0.3, -0.25) is 4.79 Å². The number of rotatable bonds is 8. The molecule has 0 bridgehead atoms. The van der Waals surface area contributed by atoms with Crippen molar-refractivity contribution in [2.75, 3.05) is 24.6 Å². The second kappa shape index (κ2) is 8.44. The lowest BCUT2D eigenvalue weighted by Gasteiger charge is -2.15. The highest BCUT2D eigenvalue weighted by Gasteiger charge is 2.35. The highest BCUT2D eigenvalue weighted by atomic mass is 32.2. The SMILES string of the molecule is CC(=O)NCc1ccc(S(=O)(=O)NCCN[C@H]2CS(=O)(=O)C[C@@H]2O)cc1. The first kappa shape index (κ1) is 20.8. The zero-order chi connectivity index (χ0) is 19.4. The van der Waals surface area contributed by atoms with Gasteiger partial charge in [0.05, 0.1) is 22.5 Å². The number of sulfonamides is 1. The predicted octanol–water partition coefficient (Wildman–Crippen LogP) is -1.65. The summed E-state index contributed by atoms with van der Waals surface area (Å²) in [5.41, 5.74) is 0.775. The number of aliphatic hydroxyl groups excluding tert-OH is 1. The summed E-state index contributed by atoms with van der Waals surface area (Å²) in [7, 11) is -6.94. The fourth-order valence-corrected chi connectivity index (χ4v) is 5.37. The van der Waals surface area contributed by atoms with E-state index < -0.39 is 32.0 Å². The van der Waals surface area contributed by atoms with E-state index >= 15 is 0 Å². The molecule has 11 heteroatoms. The second-order valence-electron chi connectivity index (χ2n) is 6.16. The molecule has 26 heavy (non-hydrogen) atoms. The van der Waals surface area contributed by atoms with Crippen molar-refractivity contribution in [3.8, 4) is 0 Å². The van der Waals surface area contributed by atoms with Crippen LogP contribution in [0.1, 0.15) is 12.5 Å². The van der Waals surface area contributed by atoms with Crippen molar-refractivity contribution in [1.82, 2.24) is 15.4 Å². The summed E-state index contributed by atoms with van der Waals surface area (Å²) in [5.74, 6) is -0.603. The molecule has 4 N–H and O–H groups in total. The van der Waals surface area contributed by atoms with Gasteiger partial charge in [0.2, 0.25) is 15.9 Å². The van der Waals surface area contributed by atoms with Gasteiger partial charge in [-0.25, -0.2) is 21.6 Å². The molecule has 1 heterocycles. The molecule has 0 unspecified atom stereocenters. The smallest absolute Gasteiger partial charge is 0.240 e. The van der Waals surface area contributed by atoms with Gasteiger partial charge >= 0.3 is 0 Å². The highest BCUT2D eigenvalue weighted by molar-refractivity contribution is 7.91. The Morgan fingerprint density at radius 2 is 1.85 bits per heavy atom. The van der Waals surface area contributed by atoms with E-state index in [1.807, 2.05) is 0 Å². The van der Waals surface area contributed by atoms with E-state index in [2.05, 4.69) is 15.4 Å². The number of hydrogen-bond acceptors (Lipinski definition) is 7. The fraction of sp³-hybridized carbons (Fsp3) is 0.533. The normalized spacial score (nSPS) is 22.2. The van der Waals surface area contributed by atoms with Crippen LogP contribution < -0.4 is 15.4 Å². The molecular formula is C15H23N3O6S2. The lowest BCUT2D eigenvalue weighted by Crippen LogP contribution is -2.42. The zero-order valence-electron chi connectivity index (χ0n) is 14.3. The summed E-state index contributed by atoms with van der Waals surface area (Å²) in [4.78, 5) is 11.0. The molecule has 1 saturated heterocycles. The number of aliphatic hydroxyl groups is 1. The molecule has 2 rings (SSSR count). The average molecular weight is 405 g/mol. The fourth-order valence-electron chi connectivity index (χ4n) is 2.56. The predicted molar refractivity (Wildman–Crippen MR) is 95.6 cm³/mol. The van der Waals surface area contributed by atoms with Crippen molar-refractivity contribution < 1.29 is 26.7 Å². The van der Waals surface area contributed by atoms with Crippen LogP contribution in [-0.4, -0.2) is 64.6 Å². The molecule has 1 aliphatic heterocycles. The Morgan fingerprint density at radius 1 is 1.19 bits per heavy atom. The van der Waals surface area contributed by atoms with E-state index in [4.69, 9.17) is 0 Å². The van der Waals surface area contributed by atoms with Gasteiger partial charge in [0.25, 0.3) is 0 Å². The van der Waals surface area contributed by atoms with Crippen LogP contribution in [0.25, 0.3) is 0 Å². The summed E-state index contributed by atoms with van der Waals surface area (Å²) < 4.78 is 49.7. The van der Waals surface area contributed by atoms with Gasteiger partial charge in [0.1, 0.15) is 0 Å². The van der Waals surface area contributed by atoms with Crippen molar-refractivity contribution in [1.29, 1.82) is 0 Å². The van der Waals surface area contributed by atoms with Crippen LogP contribution in [0.5, 0.6) is 0 Å². The van der Waals surface area contributed by atoms with Crippen molar-refractivity contribution in [2.24, 2.45) is 0 Å². The molecule has 0 saturated carbocycles. The number of amides is 1. The summed E-state index contributed by atoms with van der Waals surface area (Å²) >= 11 is 0. The summed E-state index contributed by atoms with van der Waals surface area (Å²) in [5, 5.41) is 15.1. The lowest BCUT2D eigenvalue weighted by atomic mass is 10.2. The standard InChI is InChI=1S/C15H23N3O6S2/c1-11(19)17-8-12-2-4-13(5-3-12)26(23,24)18-7-6-16-14-9-25(21,22)10-15(14)20/h2-5,14-16,18,20H,6-10H2,1H3,(H,17,19)/t14-,15-/m0/s1. The van der Waals surface area contributed by atoms with Crippen LogP contribution in [0.3, 0.4) is 0 Å². The van der Waals surface area contributed by atoms with Crippen LogP contribution >= 0.6 is 0 Å². The lowest BCUT2D eigenvalue weighted by molar-refractivity contribution is -0.119. The molecule has 146 valence electrons. The molecule has 9 nitrogen and oxygen atoms in total. The summed E-state index contributed by atoms with van der Waals surface area (Å²) in [6, 6.07) is 5.53. The molecule has 1 fully saturated rings. The maximum absolute atomic E-state index is 12.2. The summed E-state index contributed by atoms with van der Waals surface area (Å²) in [6.07, 6.45) is -0.979. The van der Waals surface area contributed by atoms with Gasteiger partial charge in [-0.05, 0) is 17.7 Å². The van der Waals surface area contributed by atoms with Gasteiger partial charge in [-0.2, -0.15) is 0 Å². The minimum Gasteiger partial charge on any atom is -0.390 e. The topological polar surface area (TPSA) is 142 Å². The minimum absolute atomic E-state index is 0.0548. The van der Waals surface area contributed by atoms with Crippen LogP contribution in [-0.2, 0) is 31.2 Å². The maximum Gasteiger partial charge on any atom is 0.240 e. The first-order valence-corrected chi connectivity index (χ1v) is 11.3. The van der Waals surface area contributed by atoms with Gasteiger partial charge in [-0.15, -0.1) is 0 Å². The third-order valence-electron chi connectivity index (χ3n) is 3.92. The molecule has 0 aliphatic carbocycles. The van der Waals surface area contributed by atoms with E-state index in [0.29, 0.717) is 6.54 Å². The molecule has 1 aromatic rings. The van der Waals surface area contributed by atoms with E-state index in [9.17, 15) is 26.7 Å². The van der Waals surface area contributed by atoms with Crippen molar-refractivity contribution in [3.05, 3.63) is 29.8 Å². The van der Waals surface area contributed by atoms with Gasteiger partial charge < -0.3 is 15.7 Å². The van der Waals surface area contributed by atoms with E-state index in [-0.39, 0.29) is 35.4 Å². The Labute approximate surface area is 153 Å². The molecule has 1 aliphatic rings. The van der Waals surface area contributed by atoms with E-state index in [0.717, 1.165) is 5.56 Å². The van der Waals surface area contributed by atoms with Crippen LogP contribution in [0, 0.1) is 0 Å². The maximum atomic E-state index is 12.2. The van der Waals surface area contributed by atoms with Crippen molar-refractivity contribution in [2.45, 2.75) is 30.5 Å². The van der Waals surface area contributed by atoms with Crippen LogP contribution in [0.4, 0.5) is 0 Å². The average Bonchev–Trinajstić information content (AvgIpc) is 2.82. The molecule has 1 aromatic carbocycles. The van der Waals surface area contributed by atoms with E-state index in [1.54, 1.807) is 12.1 Å². The largest absolute Gasteiger partial charge is 0.390 e. The highest BCUT2D eigenvalue weighted by Crippen LogP contribution is 2.12. The Bertz CT molecular complexity index is 837. The van der Waals surface area contributed by atoms with Gasteiger partial charge in [0, 0.05) is 32.6 Å². The summed E-state index contributed by atoms with van der Waals surface area (Å²) in [6.45, 7) is 1.97. The first-order chi connectivity index (χ1) is 12.1. The molecule has 1 amide bonds. The number of nitrogens with one attached hydrogen (secondary N) is 3. The number of hydrogen-bond donors (Lipinski definition) is 4. The third kappa shape index (κ3) is 6.02. The second-order valence-corrected chi connectivity index (χ2v) is 10.1. The number of carbonyl (C=O) groups excluding carboxylic acids is 1. The molecule has 0 spiro atoms. The van der Waals surface area contributed by atoms with Crippen LogP contribution in [0.2, 0.25) is 0 Å². The molecule has 0 radical (unpaired) electrons. The quantitative estimate of drug-likeness (QED) is 0.380. The number of carbonyl (C=O) groups is 1. The third-order valence-corrected chi connectivity index (χ3v) is 7.11. The Kier molecular flexibility index (Phi) is 6.74. The van der Waals surface area contributed by atoms with Crippen LogP contribution in [0.15, 0.2) is 29.2 Å². The minimum atomic E-state index is -3.70. The van der Waals surface area contributed by atoms with Gasteiger partial charge in [-0.1, -0.05) is 12.1 Å². The first-order valence-electron chi connectivity index (χ1n) is 8.04. The Morgan fingerprint density at radius 3 is 2.38 bits per heavy atom. The van der Waals surface area contributed by atoms with Crippen molar-refractivity contribution >= 4 is 25.8 Å². The molecule has 2 atom stereocenters. The monoisotopic (exact) mass is 405 g/mol. The molecular weight excluding hydrogens is 382 g/mol.